The third kappa shape index (κ3) is 3.80. The second-order valence-electron chi connectivity index (χ2n) is 8.06. The van der Waals surface area contributed by atoms with Crippen LogP contribution in [0.3, 0.4) is 0 Å². The lowest BCUT2D eigenvalue weighted by Gasteiger charge is -2.39. The van der Waals surface area contributed by atoms with Crippen LogP contribution < -0.4 is 11.2 Å². The molecule has 0 aromatic carbocycles. The van der Waals surface area contributed by atoms with Crippen molar-refractivity contribution in [2.45, 2.75) is 70.4 Å². The van der Waals surface area contributed by atoms with Crippen molar-refractivity contribution < 1.29 is 19.4 Å². The molecule has 0 aliphatic carbocycles. The summed E-state index contributed by atoms with van der Waals surface area (Å²) in [6.45, 7) is 11.5. The normalized spacial score (nSPS) is 27.7. The SMILES string of the molecule is Cc1cn([C@@H]2O[C@H](CO)C(O[Si](C)(C)C(C)(C)C)C2O)c(=O)[nH]c1=O. The first-order valence-electron chi connectivity index (χ1n) is 8.33. The standard InChI is InChI=1S/C16H28N2O6Si/c1-9-7-18(15(22)17-13(9)21)14-11(20)12(10(8-19)23-14)24-25(5,6)16(2,3)4/h7,10-12,14,19-20H,8H2,1-6H3,(H,17,21,22)/t10-,11?,12?,14-/m1/s1. The molecule has 2 heterocycles. The molecule has 25 heavy (non-hydrogen) atoms. The highest BCUT2D eigenvalue weighted by atomic mass is 28.4. The maximum absolute atomic E-state index is 12.1. The predicted octanol–water partition coefficient (Wildman–Crippen LogP) is 0.486. The fraction of sp³-hybridized carbons (Fsp3) is 0.750. The van der Waals surface area contributed by atoms with Gasteiger partial charge in [-0.3, -0.25) is 14.3 Å². The fourth-order valence-electron chi connectivity index (χ4n) is 2.53. The van der Waals surface area contributed by atoms with Crippen LogP contribution in [0.5, 0.6) is 0 Å². The van der Waals surface area contributed by atoms with Gasteiger partial charge in [-0.1, -0.05) is 20.8 Å². The molecule has 4 atom stereocenters. The van der Waals surface area contributed by atoms with Crippen LogP contribution >= 0.6 is 0 Å². The third-order valence-corrected chi connectivity index (χ3v) is 9.62. The molecule has 0 spiro atoms. The van der Waals surface area contributed by atoms with Crippen LogP contribution in [0.2, 0.25) is 18.1 Å². The fourth-order valence-corrected chi connectivity index (χ4v) is 3.86. The number of H-pyrrole nitrogens is 1. The molecule has 1 aromatic rings. The molecule has 0 saturated carbocycles. The average Bonchev–Trinajstić information content (AvgIpc) is 2.78. The molecule has 142 valence electrons. The molecule has 1 aromatic heterocycles. The van der Waals surface area contributed by atoms with Crippen molar-refractivity contribution >= 4 is 8.32 Å². The Morgan fingerprint density at radius 2 is 1.96 bits per heavy atom. The summed E-state index contributed by atoms with van der Waals surface area (Å²) in [5.41, 5.74) is -0.837. The number of rotatable bonds is 4. The van der Waals surface area contributed by atoms with Gasteiger partial charge in [0.15, 0.2) is 14.5 Å². The maximum Gasteiger partial charge on any atom is 0.330 e. The van der Waals surface area contributed by atoms with Crippen molar-refractivity contribution in [3.8, 4) is 0 Å². The number of ether oxygens (including phenoxy) is 1. The Morgan fingerprint density at radius 3 is 2.48 bits per heavy atom. The Labute approximate surface area is 147 Å². The van der Waals surface area contributed by atoms with Gasteiger partial charge in [-0.2, -0.15) is 0 Å². The van der Waals surface area contributed by atoms with E-state index in [2.05, 4.69) is 25.8 Å². The first-order chi connectivity index (χ1) is 11.4. The molecular formula is C16H28N2O6Si. The summed E-state index contributed by atoms with van der Waals surface area (Å²) >= 11 is 0. The van der Waals surface area contributed by atoms with Gasteiger partial charge in [-0.15, -0.1) is 0 Å². The molecule has 9 heteroatoms. The Balaban J connectivity index is 2.36. The Kier molecular flexibility index (Phi) is 5.46. The van der Waals surface area contributed by atoms with Gasteiger partial charge in [0.05, 0.1) is 6.61 Å². The van der Waals surface area contributed by atoms with Crippen LogP contribution in [-0.2, 0) is 9.16 Å². The van der Waals surface area contributed by atoms with Gasteiger partial charge in [0, 0.05) is 11.8 Å². The van der Waals surface area contributed by atoms with Crippen LogP contribution in [-0.4, -0.2) is 53.0 Å². The number of aromatic nitrogens is 2. The molecule has 3 N–H and O–H groups in total. The van der Waals surface area contributed by atoms with Crippen LogP contribution in [0.25, 0.3) is 0 Å². The van der Waals surface area contributed by atoms with E-state index in [1.165, 1.54) is 6.20 Å². The van der Waals surface area contributed by atoms with E-state index in [4.69, 9.17) is 9.16 Å². The summed E-state index contributed by atoms with van der Waals surface area (Å²) < 4.78 is 13.1. The number of aryl methyl sites for hydroxylation is 1. The second kappa shape index (κ2) is 6.80. The minimum Gasteiger partial charge on any atom is -0.408 e. The highest BCUT2D eigenvalue weighted by Gasteiger charge is 2.50. The molecule has 0 amide bonds. The van der Waals surface area contributed by atoms with E-state index in [1.807, 2.05) is 13.1 Å². The first kappa shape index (κ1) is 20.1. The summed E-state index contributed by atoms with van der Waals surface area (Å²) in [5.74, 6) is 0. The summed E-state index contributed by atoms with van der Waals surface area (Å²) in [6, 6.07) is 0. The van der Waals surface area contributed by atoms with Gasteiger partial charge in [0.1, 0.15) is 18.3 Å². The maximum atomic E-state index is 12.1. The van der Waals surface area contributed by atoms with Crippen LogP contribution in [0.1, 0.15) is 32.6 Å². The number of hydrogen-bond donors (Lipinski definition) is 3. The van der Waals surface area contributed by atoms with E-state index >= 15 is 0 Å². The number of aromatic amines is 1. The zero-order valence-electron chi connectivity index (χ0n) is 15.6. The van der Waals surface area contributed by atoms with E-state index < -0.39 is 44.1 Å². The molecule has 1 saturated heterocycles. The van der Waals surface area contributed by atoms with Crippen molar-refractivity contribution in [2.24, 2.45) is 0 Å². The zero-order chi connectivity index (χ0) is 19.2. The highest BCUT2D eigenvalue weighted by Crippen LogP contribution is 2.40. The van der Waals surface area contributed by atoms with Crippen LogP contribution in [0.4, 0.5) is 0 Å². The van der Waals surface area contributed by atoms with E-state index in [9.17, 15) is 19.8 Å². The first-order valence-corrected chi connectivity index (χ1v) is 11.2. The van der Waals surface area contributed by atoms with Crippen molar-refractivity contribution in [2.75, 3.05) is 6.61 Å². The summed E-state index contributed by atoms with van der Waals surface area (Å²) in [4.78, 5) is 25.8. The van der Waals surface area contributed by atoms with Gasteiger partial charge >= 0.3 is 5.69 Å². The van der Waals surface area contributed by atoms with Crippen LogP contribution in [0.15, 0.2) is 15.8 Å². The summed E-state index contributed by atoms with van der Waals surface area (Å²) in [7, 11) is -2.23. The summed E-state index contributed by atoms with van der Waals surface area (Å²) in [6.07, 6.45) is -2.34. The topological polar surface area (TPSA) is 114 Å². The average molecular weight is 372 g/mol. The molecule has 2 rings (SSSR count). The van der Waals surface area contributed by atoms with Gasteiger partial charge in [-0.25, -0.2) is 4.79 Å². The van der Waals surface area contributed by atoms with Gasteiger partial charge in [0.25, 0.3) is 5.56 Å². The lowest BCUT2D eigenvalue weighted by Crippen LogP contribution is -2.50. The van der Waals surface area contributed by atoms with Gasteiger partial charge in [0.2, 0.25) is 0 Å². The number of aliphatic hydroxyl groups is 2. The minimum absolute atomic E-state index is 0.0871. The van der Waals surface area contributed by atoms with Crippen molar-refractivity contribution in [3.63, 3.8) is 0 Å². The molecule has 2 unspecified atom stereocenters. The van der Waals surface area contributed by atoms with Gasteiger partial charge < -0.3 is 19.4 Å². The lowest BCUT2D eigenvalue weighted by atomic mass is 10.1. The molecule has 1 aliphatic rings. The van der Waals surface area contributed by atoms with Crippen LogP contribution in [0, 0.1) is 6.92 Å². The van der Waals surface area contributed by atoms with E-state index in [-0.39, 0.29) is 11.6 Å². The predicted molar refractivity (Wildman–Crippen MR) is 95.1 cm³/mol. The van der Waals surface area contributed by atoms with Crippen molar-refractivity contribution in [3.05, 3.63) is 32.6 Å². The number of aliphatic hydroxyl groups excluding tert-OH is 2. The number of hydrogen-bond acceptors (Lipinski definition) is 6. The Bertz CT molecular complexity index is 735. The van der Waals surface area contributed by atoms with Gasteiger partial charge in [-0.05, 0) is 25.1 Å². The Hall–Kier alpha value is -1.26. The monoisotopic (exact) mass is 372 g/mol. The van der Waals surface area contributed by atoms with Crippen molar-refractivity contribution in [1.29, 1.82) is 0 Å². The molecular weight excluding hydrogens is 344 g/mol. The number of nitrogens with zero attached hydrogens (tertiary/aromatic N) is 1. The van der Waals surface area contributed by atoms with E-state index in [0.717, 1.165) is 4.57 Å². The van der Waals surface area contributed by atoms with E-state index in [1.54, 1.807) is 6.92 Å². The van der Waals surface area contributed by atoms with E-state index in [0.29, 0.717) is 5.56 Å². The largest absolute Gasteiger partial charge is 0.408 e. The molecule has 0 radical (unpaired) electrons. The zero-order valence-corrected chi connectivity index (χ0v) is 16.6. The molecule has 0 bridgehead atoms. The molecule has 8 nitrogen and oxygen atoms in total. The minimum atomic E-state index is -2.23. The molecule has 1 aliphatic heterocycles. The second-order valence-corrected chi connectivity index (χ2v) is 12.8. The third-order valence-electron chi connectivity index (χ3n) is 5.15. The molecule has 1 fully saturated rings. The summed E-state index contributed by atoms with van der Waals surface area (Å²) in [5, 5.41) is 20.3. The lowest BCUT2D eigenvalue weighted by molar-refractivity contribution is -0.0547. The smallest absolute Gasteiger partial charge is 0.330 e. The quantitative estimate of drug-likeness (QED) is 0.663. The highest BCUT2D eigenvalue weighted by molar-refractivity contribution is 6.74. The number of nitrogens with one attached hydrogen (secondary N) is 1. The van der Waals surface area contributed by atoms with Crippen molar-refractivity contribution in [1.82, 2.24) is 9.55 Å². The Morgan fingerprint density at radius 1 is 1.36 bits per heavy atom.